The molecule has 4 heterocycles. The lowest BCUT2D eigenvalue weighted by Gasteiger charge is -2.31. The van der Waals surface area contributed by atoms with Gasteiger partial charge in [0.2, 0.25) is 12.5 Å². The summed E-state index contributed by atoms with van der Waals surface area (Å²) in [6.07, 6.45) is 8.38. The van der Waals surface area contributed by atoms with E-state index in [4.69, 9.17) is 32.0 Å². The summed E-state index contributed by atoms with van der Waals surface area (Å²) in [5.74, 6) is -4.37. The summed E-state index contributed by atoms with van der Waals surface area (Å²) >= 11 is 6.56. The van der Waals surface area contributed by atoms with Gasteiger partial charge in [-0.05, 0) is 75.4 Å². The molecule has 17 nitrogen and oxygen atoms in total. The van der Waals surface area contributed by atoms with E-state index in [2.05, 4.69) is 20.7 Å². The largest absolute Gasteiger partial charge is 0.554 e. The average Bonchev–Trinajstić information content (AvgIpc) is 3.85. The Hall–Kier alpha value is -6.57. The minimum absolute atomic E-state index is 0.0519. The van der Waals surface area contributed by atoms with Crippen LogP contribution in [0.2, 0.25) is 5.02 Å². The van der Waals surface area contributed by atoms with Gasteiger partial charge in [-0.25, -0.2) is 18.6 Å². The fourth-order valence-electron chi connectivity index (χ4n) is 7.64. The lowest BCUT2D eigenvalue weighted by atomic mass is 9.95. The van der Waals surface area contributed by atoms with Crippen molar-refractivity contribution in [2.45, 2.75) is 58.5 Å². The van der Waals surface area contributed by atoms with Gasteiger partial charge in [-0.2, -0.15) is 9.67 Å². The molecule has 0 bridgehead atoms. The number of nitrogens with two attached hydrogens (primary N) is 1. The van der Waals surface area contributed by atoms with Crippen LogP contribution < -0.4 is 26.0 Å². The van der Waals surface area contributed by atoms with Crippen molar-refractivity contribution < 1.29 is 52.3 Å². The van der Waals surface area contributed by atoms with E-state index in [0.29, 0.717) is 88.4 Å². The molecule has 2 aromatic carbocycles. The monoisotopic (exact) mass is 919 g/mol. The molecule has 1 aliphatic heterocycles. The highest BCUT2D eigenvalue weighted by Gasteiger charge is 2.29. The number of carboxylic acids is 1. The van der Waals surface area contributed by atoms with Gasteiger partial charge in [0.05, 0.1) is 41.8 Å². The van der Waals surface area contributed by atoms with Gasteiger partial charge in [0.1, 0.15) is 0 Å². The normalized spacial score (nSPS) is 12.6. The maximum atomic E-state index is 15.6. The number of pyridine rings is 1. The molecule has 65 heavy (non-hydrogen) atoms. The number of aryl methyl sites for hydroxylation is 2. The van der Waals surface area contributed by atoms with Crippen LogP contribution in [-0.2, 0) is 52.1 Å². The molecule has 1 aliphatic rings. The number of halogens is 3. The number of methoxy groups -OCH3 is 1. The number of hydrogen-bond donors (Lipinski definition) is 4. The number of likely N-dealkylation sites (tertiary alicyclic amines) is 1. The SMILES string of the molecule is COCCn1ncc(-c2ccc(-c3cnc(C(=O)Nc4ccc(C(=O)N5CCC(C(=O)NCCCc6cc[n+](CC(=O)O)c(CCCN)c6)CC5)c(Cl)c4)n3C)c(F)c2F)c1C.O=C[O-]. The molecule has 20 heteroatoms. The standard InChI is InChI=1S/C44H50ClF2N9O6.CH2O2/c1-27-35(24-51-56(27)20-21-62-3)32-10-11-34(40(47)39(32)46)37-25-50-41(53(37)2)43(60)52-30-8-9-33(36(45)23-30)44(61)54-18-13-29(14-19-54)42(59)49-16-5-6-28-12-17-55(26-38(57)58)31(22-28)7-4-15-48;2-1-3/h8-12,17,22-25,29H,4-7,13-16,18-21,26,48H2,1-3H3,(H2-,49,52,57,58,59,60,61);1H,(H,2,3). The minimum Gasteiger partial charge on any atom is -0.554 e. The molecule has 0 saturated carbocycles. The summed E-state index contributed by atoms with van der Waals surface area (Å²) in [5, 5.41) is 27.6. The first kappa shape index (κ1) is 49.4. The molecule has 5 aromatic rings. The van der Waals surface area contributed by atoms with E-state index in [9.17, 15) is 24.3 Å². The summed E-state index contributed by atoms with van der Waals surface area (Å²) in [4.78, 5) is 65.1. The topological polar surface area (TPSA) is 231 Å². The predicted molar refractivity (Wildman–Crippen MR) is 233 cm³/mol. The third kappa shape index (κ3) is 12.4. The van der Waals surface area contributed by atoms with Gasteiger partial charge in [-0.15, -0.1) is 0 Å². The van der Waals surface area contributed by atoms with E-state index < -0.39 is 30.0 Å². The number of nitrogens with one attached hydrogen (secondary N) is 2. The first-order chi connectivity index (χ1) is 31.2. The molecule has 0 unspecified atom stereocenters. The van der Waals surface area contributed by atoms with Gasteiger partial charge in [0.25, 0.3) is 11.8 Å². The van der Waals surface area contributed by atoms with Crippen LogP contribution in [0.3, 0.4) is 0 Å². The summed E-state index contributed by atoms with van der Waals surface area (Å²) in [6.45, 7) is 3.75. The fourth-order valence-corrected chi connectivity index (χ4v) is 7.90. The zero-order valence-corrected chi connectivity index (χ0v) is 37.1. The Morgan fingerprint density at radius 1 is 1.03 bits per heavy atom. The number of carbonyl (C=O) groups is 5. The van der Waals surface area contributed by atoms with Gasteiger partial charge in [0, 0.05) is 92.8 Å². The van der Waals surface area contributed by atoms with Crippen molar-refractivity contribution in [1.82, 2.24) is 29.5 Å². The second-order valence-corrected chi connectivity index (χ2v) is 15.7. The van der Waals surface area contributed by atoms with Crippen molar-refractivity contribution in [2.75, 3.05) is 45.2 Å². The maximum Gasteiger partial charge on any atom is 0.370 e. The molecule has 3 amide bonds. The zero-order chi connectivity index (χ0) is 47.2. The van der Waals surface area contributed by atoms with Gasteiger partial charge in [-0.3, -0.25) is 19.1 Å². The number of nitrogens with zero attached hydrogens (tertiary/aromatic N) is 6. The minimum atomic E-state index is -1.10. The molecule has 0 atom stereocenters. The molecule has 3 aromatic heterocycles. The van der Waals surface area contributed by atoms with Crippen LogP contribution in [-0.4, -0.2) is 99.4 Å². The van der Waals surface area contributed by atoms with E-state index in [1.54, 1.807) is 40.4 Å². The molecule has 0 spiro atoms. The van der Waals surface area contributed by atoms with Gasteiger partial charge >= 0.3 is 5.97 Å². The zero-order valence-electron chi connectivity index (χ0n) is 36.3. The second kappa shape index (κ2) is 23.4. The van der Waals surface area contributed by atoms with Crippen molar-refractivity contribution in [1.29, 1.82) is 0 Å². The van der Waals surface area contributed by atoms with Gasteiger partial charge in [0.15, 0.2) is 29.3 Å². The van der Waals surface area contributed by atoms with Crippen LogP contribution in [0.5, 0.6) is 0 Å². The van der Waals surface area contributed by atoms with Crippen LogP contribution in [0.15, 0.2) is 61.1 Å². The summed E-state index contributed by atoms with van der Waals surface area (Å²) in [6, 6.07) is 11.3. The van der Waals surface area contributed by atoms with Gasteiger partial charge < -0.3 is 45.6 Å². The highest BCUT2D eigenvalue weighted by atomic mass is 35.5. The molecule has 1 fully saturated rings. The molecule has 5 N–H and O–H groups in total. The third-order valence-electron chi connectivity index (χ3n) is 11.1. The number of benzene rings is 2. The average molecular weight is 920 g/mol. The van der Waals surface area contributed by atoms with E-state index in [0.717, 1.165) is 17.7 Å². The summed E-state index contributed by atoms with van der Waals surface area (Å²) in [5.41, 5.74) is 9.42. The molecule has 0 radical (unpaired) electrons. The van der Waals surface area contributed by atoms with Crippen LogP contribution in [0.1, 0.15) is 63.6 Å². The molecule has 0 aliphatic carbocycles. The number of carboxylic acid groups (broad SMARTS) is 2. The lowest BCUT2D eigenvalue weighted by Crippen LogP contribution is -2.43. The Morgan fingerprint density at radius 3 is 2.42 bits per heavy atom. The van der Waals surface area contributed by atoms with Crippen LogP contribution in [0.4, 0.5) is 14.5 Å². The number of anilines is 1. The number of aromatic nitrogens is 5. The van der Waals surface area contributed by atoms with Crippen LogP contribution in [0.25, 0.3) is 22.4 Å². The fraction of sp³-hybridized carbons (Fsp3) is 0.378. The number of hydrogen-bond acceptors (Lipinski definition) is 10. The Kier molecular flexibility index (Phi) is 17.8. The number of aliphatic carboxylic acids is 1. The number of rotatable bonds is 18. The summed E-state index contributed by atoms with van der Waals surface area (Å²) < 4.78 is 40.9. The van der Waals surface area contributed by atoms with Crippen molar-refractivity contribution in [3.63, 3.8) is 0 Å². The first-order valence-corrected chi connectivity index (χ1v) is 21.3. The smallest absolute Gasteiger partial charge is 0.370 e. The predicted octanol–water partition coefficient (Wildman–Crippen LogP) is 3.32. The van der Waals surface area contributed by atoms with Crippen LogP contribution >= 0.6 is 11.6 Å². The highest BCUT2D eigenvalue weighted by Crippen LogP contribution is 2.33. The third-order valence-corrected chi connectivity index (χ3v) is 11.4. The van der Waals surface area contributed by atoms with Crippen molar-refractivity contribution in [3.8, 4) is 22.4 Å². The Morgan fingerprint density at radius 2 is 1.74 bits per heavy atom. The number of carbonyl (C=O) groups excluding carboxylic acids is 4. The van der Waals surface area contributed by atoms with Gasteiger partial charge in [-0.1, -0.05) is 17.7 Å². The quantitative estimate of drug-likeness (QED) is 0.0566. The van der Waals surface area contributed by atoms with Crippen molar-refractivity contribution in [3.05, 3.63) is 106 Å². The highest BCUT2D eigenvalue weighted by molar-refractivity contribution is 6.34. The van der Waals surface area contributed by atoms with Crippen LogP contribution in [0, 0.1) is 24.5 Å². The van der Waals surface area contributed by atoms with Crippen molar-refractivity contribution in [2.24, 2.45) is 18.7 Å². The molecule has 1 saturated heterocycles. The van der Waals surface area contributed by atoms with E-state index in [1.165, 1.54) is 48.3 Å². The maximum absolute atomic E-state index is 15.6. The molecule has 346 valence electrons. The Bertz CT molecular complexity index is 2500. The number of piperidine rings is 1. The Balaban J connectivity index is 0.00000257. The van der Waals surface area contributed by atoms with Crippen molar-refractivity contribution >= 4 is 47.5 Å². The number of amides is 3. The lowest BCUT2D eigenvalue weighted by molar-refractivity contribution is -0.693. The number of imidazole rings is 1. The summed E-state index contributed by atoms with van der Waals surface area (Å²) in [7, 11) is 3.08. The molecular weight excluding hydrogens is 868 g/mol. The Labute approximate surface area is 379 Å². The van der Waals surface area contributed by atoms with E-state index in [1.807, 2.05) is 12.1 Å². The second-order valence-electron chi connectivity index (χ2n) is 15.3. The molecular formula is C45H52ClF2N9O8. The first-order valence-electron chi connectivity index (χ1n) is 20.9. The van der Waals surface area contributed by atoms with E-state index in [-0.39, 0.29) is 57.5 Å². The molecule has 6 rings (SSSR count). The van der Waals surface area contributed by atoms with E-state index >= 15 is 8.78 Å². The number of ether oxygens (including phenoxy) is 1.